The molecule has 1 fully saturated rings. The van der Waals surface area contributed by atoms with E-state index in [2.05, 4.69) is 5.32 Å². The van der Waals surface area contributed by atoms with Crippen molar-refractivity contribution in [3.63, 3.8) is 0 Å². The van der Waals surface area contributed by atoms with Crippen LogP contribution in [0.15, 0.2) is 24.3 Å². The molecule has 1 aliphatic rings. The fourth-order valence-electron chi connectivity index (χ4n) is 2.68. The van der Waals surface area contributed by atoms with Crippen LogP contribution in [0.1, 0.15) is 42.5 Å². The molecule has 0 bridgehead atoms. The first-order valence-corrected chi connectivity index (χ1v) is 6.91. The van der Waals surface area contributed by atoms with Crippen LogP contribution in [-0.4, -0.2) is 23.5 Å². The van der Waals surface area contributed by atoms with Crippen LogP contribution in [0, 0.1) is 5.41 Å². The molecule has 5 heteroatoms. The van der Waals surface area contributed by atoms with E-state index in [-0.39, 0.29) is 12.5 Å². The van der Waals surface area contributed by atoms with Gasteiger partial charge in [0, 0.05) is 17.8 Å². The first-order chi connectivity index (χ1) is 9.53. The molecular weight excluding hydrogens is 256 g/mol. The van der Waals surface area contributed by atoms with Crippen molar-refractivity contribution in [2.45, 2.75) is 32.1 Å². The monoisotopic (exact) mass is 276 g/mol. The Kier molecular flexibility index (Phi) is 4.27. The van der Waals surface area contributed by atoms with Crippen molar-refractivity contribution in [1.82, 2.24) is 5.32 Å². The lowest BCUT2D eigenvalue weighted by Gasteiger charge is -2.33. The van der Waals surface area contributed by atoms with Crippen molar-refractivity contribution in [2.24, 2.45) is 5.41 Å². The Bertz CT molecular complexity index is 490. The third-order valence-corrected chi connectivity index (χ3v) is 4.02. The van der Waals surface area contributed by atoms with E-state index in [0.717, 1.165) is 19.3 Å². The van der Waals surface area contributed by atoms with Gasteiger partial charge in [-0.1, -0.05) is 19.3 Å². The number of benzene rings is 1. The Morgan fingerprint density at radius 3 is 2.30 bits per heavy atom. The molecule has 0 aromatic heterocycles. The molecule has 0 heterocycles. The van der Waals surface area contributed by atoms with E-state index < -0.39 is 11.4 Å². The van der Waals surface area contributed by atoms with Crippen molar-refractivity contribution in [2.75, 3.05) is 12.3 Å². The molecule has 0 aliphatic heterocycles. The molecule has 0 spiro atoms. The van der Waals surface area contributed by atoms with E-state index in [9.17, 15) is 14.7 Å². The smallest absolute Gasteiger partial charge is 0.311 e. The maximum Gasteiger partial charge on any atom is 0.311 e. The lowest BCUT2D eigenvalue weighted by molar-refractivity contribution is -0.150. The predicted octanol–water partition coefficient (Wildman–Crippen LogP) is 2.03. The van der Waals surface area contributed by atoms with Gasteiger partial charge in [-0.25, -0.2) is 0 Å². The van der Waals surface area contributed by atoms with Gasteiger partial charge in [0.1, 0.15) is 0 Å². The van der Waals surface area contributed by atoms with Gasteiger partial charge in [0.2, 0.25) is 0 Å². The van der Waals surface area contributed by atoms with Crippen molar-refractivity contribution in [1.29, 1.82) is 0 Å². The largest absolute Gasteiger partial charge is 0.481 e. The third kappa shape index (κ3) is 3.10. The average Bonchev–Trinajstić information content (AvgIpc) is 2.46. The highest BCUT2D eigenvalue weighted by Gasteiger charge is 2.39. The second kappa shape index (κ2) is 5.94. The van der Waals surface area contributed by atoms with Crippen LogP contribution in [0.25, 0.3) is 0 Å². The highest BCUT2D eigenvalue weighted by Crippen LogP contribution is 2.36. The second-order valence-corrected chi connectivity index (χ2v) is 5.45. The SMILES string of the molecule is Nc1ccc(C(=O)NCC2(C(=O)O)CCCCC2)cc1. The number of nitrogens with one attached hydrogen (secondary N) is 1. The van der Waals surface area contributed by atoms with E-state index >= 15 is 0 Å². The number of hydrogen-bond donors (Lipinski definition) is 3. The normalized spacial score (nSPS) is 17.4. The average molecular weight is 276 g/mol. The molecule has 1 aromatic carbocycles. The van der Waals surface area contributed by atoms with Crippen LogP contribution in [-0.2, 0) is 4.79 Å². The summed E-state index contributed by atoms with van der Waals surface area (Å²) in [6.45, 7) is 0.186. The minimum absolute atomic E-state index is 0.186. The Morgan fingerprint density at radius 2 is 1.75 bits per heavy atom. The van der Waals surface area contributed by atoms with Gasteiger partial charge in [-0.15, -0.1) is 0 Å². The molecule has 1 aromatic rings. The number of aliphatic carboxylic acids is 1. The molecule has 1 aliphatic carbocycles. The predicted molar refractivity (Wildman–Crippen MR) is 76.3 cm³/mol. The first-order valence-electron chi connectivity index (χ1n) is 6.91. The van der Waals surface area contributed by atoms with Crippen LogP contribution in [0.5, 0.6) is 0 Å². The number of nitrogens with two attached hydrogens (primary N) is 1. The Hall–Kier alpha value is -2.04. The standard InChI is InChI=1S/C15H20N2O3/c16-12-6-4-11(5-7-12)13(18)17-10-15(14(19)20)8-2-1-3-9-15/h4-7H,1-3,8-10,16H2,(H,17,18)(H,19,20). The van der Waals surface area contributed by atoms with Gasteiger partial charge < -0.3 is 16.2 Å². The summed E-state index contributed by atoms with van der Waals surface area (Å²) in [5.74, 6) is -1.06. The molecule has 5 nitrogen and oxygen atoms in total. The zero-order valence-corrected chi connectivity index (χ0v) is 11.4. The molecule has 4 N–H and O–H groups in total. The summed E-state index contributed by atoms with van der Waals surface area (Å²) < 4.78 is 0. The lowest BCUT2D eigenvalue weighted by atomic mass is 9.74. The Balaban J connectivity index is 2.00. The minimum atomic E-state index is -0.810. The van der Waals surface area contributed by atoms with Crippen molar-refractivity contribution >= 4 is 17.6 Å². The number of carbonyl (C=O) groups excluding carboxylic acids is 1. The molecule has 0 radical (unpaired) electrons. The molecule has 20 heavy (non-hydrogen) atoms. The molecule has 2 rings (SSSR count). The number of nitrogen functional groups attached to an aromatic ring is 1. The van der Waals surface area contributed by atoms with Crippen LogP contribution in [0.2, 0.25) is 0 Å². The summed E-state index contributed by atoms with van der Waals surface area (Å²) in [5.41, 5.74) is 5.85. The Morgan fingerprint density at radius 1 is 1.15 bits per heavy atom. The van der Waals surface area contributed by atoms with E-state index in [1.165, 1.54) is 0 Å². The van der Waals surface area contributed by atoms with Gasteiger partial charge in [-0.3, -0.25) is 9.59 Å². The second-order valence-electron chi connectivity index (χ2n) is 5.45. The van der Waals surface area contributed by atoms with Gasteiger partial charge in [-0.2, -0.15) is 0 Å². The topological polar surface area (TPSA) is 92.4 Å². The van der Waals surface area contributed by atoms with Gasteiger partial charge in [0.15, 0.2) is 0 Å². The summed E-state index contributed by atoms with van der Waals surface area (Å²) in [5, 5.41) is 12.2. The van der Waals surface area contributed by atoms with E-state index in [1.54, 1.807) is 24.3 Å². The van der Waals surface area contributed by atoms with E-state index in [1.807, 2.05) is 0 Å². The molecule has 0 atom stereocenters. The summed E-state index contributed by atoms with van der Waals surface area (Å²) in [6.07, 6.45) is 4.14. The van der Waals surface area contributed by atoms with Gasteiger partial charge in [0.05, 0.1) is 5.41 Å². The summed E-state index contributed by atoms with van der Waals surface area (Å²) in [4.78, 5) is 23.5. The van der Waals surface area contributed by atoms with Gasteiger partial charge >= 0.3 is 5.97 Å². The summed E-state index contributed by atoms with van der Waals surface area (Å²) >= 11 is 0. The van der Waals surface area contributed by atoms with E-state index in [4.69, 9.17) is 5.73 Å². The molecule has 108 valence electrons. The first kappa shape index (κ1) is 14.4. The number of anilines is 1. The summed E-state index contributed by atoms with van der Waals surface area (Å²) in [7, 11) is 0. The fourth-order valence-corrected chi connectivity index (χ4v) is 2.68. The van der Waals surface area contributed by atoms with Crippen LogP contribution >= 0.6 is 0 Å². The number of carboxylic acid groups (broad SMARTS) is 1. The highest BCUT2D eigenvalue weighted by atomic mass is 16.4. The van der Waals surface area contributed by atoms with Crippen molar-refractivity contribution < 1.29 is 14.7 Å². The number of carbonyl (C=O) groups is 2. The molecule has 0 saturated heterocycles. The number of rotatable bonds is 4. The number of amides is 1. The quantitative estimate of drug-likeness (QED) is 0.734. The lowest BCUT2D eigenvalue weighted by Crippen LogP contribution is -2.44. The zero-order chi connectivity index (χ0) is 14.6. The highest BCUT2D eigenvalue weighted by molar-refractivity contribution is 5.94. The fraction of sp³-hybridized carbons (Fsp3) is 0.467. The van der Waals surface area contributed by atoms with Gasteiger partial charge in [0.25, 0.3) is 5.91 Å². The summed E-state index contributed by atoms with van der Waals surface area (Å²) in [6, 6.07) is 6.59. The molecule has 1 amide bonds. The van der Waals surface area contributed by atoms with Crippen LogP contribution in [0.4, 0.5) is 5.69 Å². The molecule has 1 saturated carbocycles. The molecular formula is C15H20N2O3. The zero-order valence-electron chi connectivity index (χ0n) is 11.4. The molecule has 0 unspecified atom stereocenters. The number of carboxylic acids is 1. The van der Waals surface area contributed by atoms with Gasteiger partial charge in [-0.05, 0) is 37.1 Å². The maximum atomic E-state index is 12.0. The van der Waals surface area contributed by atoms with Crippen molar-refractivity contribution in [3.8, 4) is 0 Å². The third-order valence-electron chi connectivity index (χ3n) is 4.02. The van der Waals surface area contributed by atoms with E-state index in [0.29, 0.717) is 24.1 Å². The maximum absolute atomic E-state index is 12.0. The van der Waals surface area contributed by atoms with Crippen molar-refractivity contribution in [3.05, 3.63) is 29.8 Å². The Labute approximate surface area is 118 Å². The minimum Gasteiger partial charge on any atom is -0.481 e. The van der Waals surface area contributed by atoms with Crippen LogP contribution in [0.3, 0.4) is 0 Å². The number of hydrogen-bond acceptors (Lipinski definition) is 3. The van der Waals surface area contributed by atoms with Crippen LogP contribution < -0.4 is 11.1 Å².